The molecule has 0 saturated heterocycles. The Bertz CT molecular complexity index is 1450. The molecule has 5 rings (SSSR count). The van der Waals surface area contributed by atoms with Gasteiger partial charge >= 0.3 is 0 Å². The van der Waals surface area contributed by atoms with E-state index in [9.17, 15) is 0 Å². The summed E-state index contributed by atoms with van der Waals surface area (Å²) in [4.78, 5) is 0. The van der Waals surface area contributed by atoms with E-state index in [-0.39, 0.29) is 0 Å². The van der Waals surface area contributed by atoms with E-state index in [4.69, 9.17) is 0 Å². The summed E-state index contributed by atoms with van der Waals surface area (Å²) in [5.41, 5.74) is 0. The molecule has 0 saturated carbocycles. The van der Waals surface area contributed by atoms with Crippen molar-refractivity contribution in [3.05, 3.63) is 63.3 Å². The quantitative estimate of drug-likeness (QED) is 0.183. The number of hydrogen-bond donors (Lipinski definition) is 0. The molecule has 0 unspecified atom stereocenters. The first kappa shape index (κ1) is 27.2. The molecule has 4 aromatic heterocycles. The molecule has 0 aliphatic heterocycles. The van der Waals surface area contributed by atoms with Gasteiger partial charge in [0.15, 0.2) is 0 Å². The topological polar surface area (TPSA) is 0 Å². The minimum Gasteiger partial charge on any atom is -0.144 e. The molecule has 0 radical (unpaired) electrons. The molecule has 192 valence electrons. The van der Waals surface area contributed by atoms with E-state index in [1.807, 2.05) is 0 Å². The van der Waals surface area contributed by atoms with Gasteiger partial charge in [-0.1, -0.05) is 78.6 Å². The van der Waals surface area contributed by atoms with Crippen LogP contribution >= 0.6 is 45.3 Å². The van der Waals surface area contributed by atoms with Crippen molar-refractivity contribution in [3.63, 3.8) is 0 Å². The summed E-state index contributed by atoms with van der Waals surface area (Å²) in [6.07, 6.45) is 0. The van der Waals surface area contributed by atoms with E-state index in [2.05, 4.69) is 148 Å². The van der Waals surface area contributed by atoms with Gasteiger partial charge in [-0.3, -0.25) is 0 Å². The third-order valence-electron chi connectivity index (χ3n) is 6.87. The maximum absolute atomic E-state index is 2.62. The van der Waals surface area contributed by atoms with Gasteiger partial charge in [0.05, 0.1) is 41.4 Å². The van der Waals surface area contributed by atoms with Crippen LogP contribution in [0.1, 0.15) is 0 Å². The Morgan fingerprint density at radius 3 is 0.806 bits per heavy atom. The van der Waals surface area contributed by atoms with Gasteiger partial charge in [-0.25, -0.2) is 0 Å². The van der Waals surface area contributed by atoms with E-state index < -0.39 is 32.3 Å². The van der Waals surface area contributed by atoms with Crippen molar-refractivity contribution < 1.29 is 0 Å². The highest BCUT2D eigenvalue weighted by Gasteiger charge is 2.25. The van der Waals surface area contributed by atoms with E-state index in [0.717, 1.165) is 0 Å². The van der Waals surface area contributed by atoms with Crippen LogP contribution in [0.25, 0.3) is 0 Å². The summed E-state index contributed by atoms with van der Waals surface area (Å²) in [6, 6.07) is 10.4. The Morgan fingerprint density at radius 2 is 0.556 bits per heavy atom. The molecular formula is C28H40S4Si4. The average molecular weight is 617 g/mol. The zero-order chi connectivity index (χ0) is 26.6. The number of rotatable bonds is 4. The molecule has 0 atom stereocenters. The minimum atomic E-state index is -1.43. The number of thiophene rings is 4. The lowest BCUT2D eigenvalue weighted by Gasteiger charge is -2.12. The summed E-state index contributed by atoms with van der Waals surface area (Å²) >= 11 is 8.46. The van der Waals surface area contributed by atoms with E-state index >= 15 is 0 Å². The van der Waals surface area contributed by atoms with Gasteiger partial charge in [0.1, 0.15) is 0 Å². The molecule has 0 bridgehead atoms. The smallest absolute Gasteiger partial charge is 0.0904 e. The molecular weight excluding hydrogens is 577 g/mol. The highest BCUT2D eigenvalue weighted by Crippen LogP contribution is 2.25. The second-order valence-electron chi connectivity index (χ2n) is 14.4. The lowest BCUT2D eigenvalue weighted by Crippen LogP contribution is -2.35. The molecule has 0 amide bonds. The zero-order valence-electron chi connectivity index (χ0n) is 23.9. The van der Waals surface area contributed by atoms with Crippen molar-refractivity contribution in [2.75, 3.05) is 0 Å². The average Bonchev–Trinajstić information content (AvgIpc) is 3.44. The van der Waals surface area contributed by atoms with Crippen LogP contribution in [0.3, 0.4) is 0 Å². The molecule has 0 spiro atoms. The van der Waals surface area contributed by atoms with Gasteiger partial charge in [-0.2, -0.15) is 0 Å². The standard InChI is InChI=1S/C28H40S4Si4/c1-33(2,3)21-13-17-18-14-22(34(4,5)6)30-26(18)20-16-24(36(10,11)12)32-28(20)27-19(25(17)29-21)15-23(31-27)35(7,8)9/h13-16H,1-12H3/b18-17-,25-19+,26-20+,28-27-. The normalized spacial score (nSPS) is 18.1. The predicted octanol–water partition coefficient (Wildman–Crippen LogP) is 7.57. The maximum atomic E-state index is 2.62. The highest BCUT2D eigenvalue weighted by molar-refractivity contribution is 7.28. The largest absolute Gasteiger partial charge is 0.144 e. The lowest BCUT2D eigenvalue weighted by atomic mass is 10.2. The molecule has 1 aliphatic rings. The molecule has 4 aromatic rings. The Balaban J connectivity index is 2.24. The molecule has 36 heavy (non-hydrogen) atoms. The van der Waals surface area contributed by atoms with Gasteiger partial charge in [0.2, 0.25) is 0 Å². The molecule has 8 heteroatoms. The van der Waals surface area contributed by atoms with Gasteiger partial charge < -0.3 is 0 Å². The Morgan fingerprint density at radius 1 is 0.333 bits per heavy atom. The van der Waals surface area contributed by atoms with Crippen LogP contribution in [-0.4, -0.2) is 32.3 Å². The van der Waals surface area contributed by atoms with Crippen LogP contribution in [0.2, 0.25) is 78.6 Å². The maximum Gasteiger partial charge on any atom is 0.0904 e. The molecule has 1 aliphatic carbocycles. The Kier molecular flexibility index (Phi) is 6.49. The van der Waals surface area contributed by atoms with Crippen LogP contribution in [0, 0.1) is 39.0 Å². The fourth-order valence-corrected chi connectivity index (χ4v) is 17.0. The predicted molar refractivity (Wildman–Crippen MR) is 180 cm³/mol. The van der Waals surface area contributed by atoms with Crippen LogP contribution in [0.15, 0.2) is 24.3 Å². The molecule has 0 fully saturated rings. The van der Waals surface area contributed by atoms with Crippen molar-refractivity contribution in [1.82, 2.24) is 0 Å². The molecule has 0 N–H and O–H groups in total. The van der Waals surface area contributed by atoms with Crippen molar-refractivity contribution in [3.8, 4) is 0 Å². The monoisotopic (exact) mass is 616 g/mol. The number of fused-ring (bicyclic) bond motifs is 4. The van der Waals surface area contributed by atoms with Gasteiger partial charge in [-0.05, 0) is 42.3 Å². The fraction of sp³-hybridized carbons (Fsp3) is 0.429. The molecule has 0 nitrogen and oxygen atoms in total. The molecule has 0 aromatic carbocycles. The van der Waals surface area contributed by atoms with Crippen molar-refractivity contribution in [1.29, 1.82) is 0 Å². The van der Waals surface area contributed by atoms with Crippen molar-refractivity contribution >= 4 is 95.6 Å². The summed E-state index contributed by atoms with van der Waals surface area (Å²) in [5.74, 6) is 0. The highest BCUT2D eigenvalue weighted by atomic mass is 32.1. The van der Waals surface area contributed by atoms with Gasteiger partial charge in [0, 0.05) is 29.9 Å². The fourth-order valence-electron chi connectivity index (χ4n) is 4.52. The van der Waals surface area contributed by atoms with Crippen LogP contribution < -0.4 is 18.0 Å². The summed E-state index contributed by atoms with van der Waals surface area (Å²) in [7, 11) is -5.72. The first-order valence-corrected chi connectivity index (χ1v) is 30.2. The van der Waals surface area contributed by atoms with Gasteiger partial charge in [0.25, 0.3) is 0 Å². The Hall–Kier alpha value is -0.332. The van der Waals surface area contributed by atoms with E-state index in [1.54, 1.807) is 27.1 Å². The summed E-state index contributed by atoms with van der Waals surface area (Å²) in [5, 5.41) is 6.08. The summed E-state index contributed by atoms with van der Waals surface area (Å²) in [6.45, 7) is 30.1. The zero-order valence-corrected chi connectivity index (χ0v) is 31.2. The van der Waals surface area contributed by atoms with E-state index in [0.29, 0.717) is 0 Å². The van der Waals surface area contributed by atoms with E-state index in [1.165, 1.54) is 29.9 Å². The Labute approximate surface area is 235 Å². The second-order valence-corrected chi connectivity index (χ2v) is 40.2. The van der Waals surface area contributed by atoms with Gasteiger partial charge in [-0.15, -0.1) is 45.3 Å². The van der Waals surface area contributed by atoms with Crippen LogP contribution in [-0.2, 0) is 0 Å². The third-order valence-corrected chi connectivity index (χ3v) is 26.0. The van der Waals surface area contributed by atoms with Crippen molar-refractivity contribution in [2.45, 2.75) is 78.6 Å². The number of hydrogen-bond acceptors (Lipinski definition) is 4. The second kappa shape index (κ2) is 8.58. The third kappa shape index (κ3) is 4.67. The lowest BCUT2D eigenvalue weighted by molar-refractivity contribution is 1.45. The van der Waals surface area contributed by atoms with Crippen molar-refractivity contribution in [2.24, 2.45) is 0 Å². The SMILES string of the molecule is C[Si](C)(C)c1cc2/c(s1)=c1/sc([Si](C)(C)C)c/c1=c1\sc([Si](C)(C)C)c\c1=c1/cc([Si](C)(C)C)s/c1=2. The van der Waals surface area contributed by atoms with Crippen LogP contribution in [0.5, 0.6) is 0 Å². The van der Waals surface area contributed by atoms with Crippen LogP contribution in [0.4, 0.5) is 0 Å². The molecule has 4 heterocycles. The first-order chi connectivity index (χ1) is 16.4. The summed E-state index contributed by atoms with van der Waals surface area (Å²) < 4.78 is 12.7. The minimum absolute atomic E-state index is 1.43. The first-order valence-electron chi connectivity index (χ1n) is 12.9.